The number of ether oxygens (including phenoxy) is 1. The van der Waals surface area contributed by atoms with E-state index in [4.69, 9.17) is 4.74 Å². The zero-order valence-electron chi connectivity index (χ0n) is 28.1. The van der Waals surface area contributed by atoms with Crippen LogP contribution in [0.15, 0.2) is 78.1 Å². The fourth-order valence-corrected chi connectivity index (χ4v) is 8.01. The van der Waals surface area contributed by atoms with E-state index in [0.717, 1.165) is 38.9 Å². The number of anilines is 1. The summed E-state index contributed by atoms with van der Waals surface area (Å²) in [5, 5.41) is 11.9. The largest absolute Gasteiger partial charge is 0.472 e. The molecule has 2 atom stereocenters. The Kier molecular flexibility index (Phi) is 9.06. The summed E-state index contributed by atoms with van der Waals surface area (Å²) in [6.07, 6.45) is 5.09. The summed E-state index contributed by atoms with van der Waals surface area (Å²) in [6, 6.07) is 16.9. The Balaban J connectivity index is 1.46. The highest BCUT2D eigenvalue weighted by atomic mass is 32.2. The van der Waals surface area contributed by atoms with Crippen molar-refractivity contribution in [2.75, 3.05) is 11.9 Å². The summed E-state index contributed by atoms with van der Waals surface area (Å²) in [4.78, 5) is 22.6. The first kappa shape index (κ1) is 33.2. The lowest BCUT2D eigenvalue weighted by atomic mass is 9.69. The van der Waals surface area contributed by atoms with Crippen LogP contribution in [0.2, 0.25) is 0 Å². The molecule has 250 valence electrons. The third-order valence-corrected chi connectivity index (χ3v) is 11.2. The Bertz CT molecular complexity index is 2080. The number of pyridine rings is 2. The molecule has 0 fully saturated rings. The lowest BCUT2D eigenvalue weighted by Crippen LogP contribution is -2.38. The van der Waals surface area contributed by atoms with Crippen LogP contribution in [0.3, 0.4) is 0 Å². The Labute approximate surface area is 281 Å². The second-order valence-electron chi connectivity index (χ2n) is 12.8. The minimum atomic E-state index is -3.91. The number of benzene rings is 2. The van der Waals surface area contributed by atoms with Gasteiger partial charge in [-0.1, -0.05) is 50.3 Å². The van der Waals surface area contributed by atoms with Gasteiger partial charge >= 0.3 is 0 Å². The fourth-order valence-electron chi connectivity index (χ4n) is 6.49. The number of aryl methyl sites for hydroxylation is 3. The second-order valence-corrected chi connectivity index (χ2v) is 14.7. The number of carbonyl (C=O) groups is 1. The minimum absolute atomic E-state index is 0.0601. The van der Waals surface area contributed by atoms with Crippen molar-refractivity contribution < 1.29 is 17.9 Å². The topological polar surface area (TPSA) is 132 Å². The van der Waals surface area contributed by atoms with Gasteiger partial charge in [-0.3, -0.25) is 9.78 Å². The standard InChI is InChI=1S/C36H41N7O4S/c1-7-28-22-42(48(45,46)31-12-10-18-38-34(31)47-28)21-26-19-25(14-13-23(26)3)32(36(5,6)35(44)39-27-11-9-17-37-20-27)29-15-16-30-33(24(29)4)40-41-43(30)8-2/h9-20,28,32H,7-8,21-22H2,1-6H3,(H,39,44)/t28-,32+/m1/s1. The number of hydrogen-bond donors (Lipinski definition) is 1. The molecule has 1 amide bonds. The van der Waals surface area contributed by atoms with Crippen LogP contribution in [0.1, 0.15) is 67.9 Å². The van der Waals surface area contributed by atoms with Crippen LogP contribution in [-0.2, 0) is 27.9 Å². The van der Waals surface area contributed by atoms with Crippen LogP contribution in [-0.4, -0.2) is 56.2 Å². The molecule has 6 rings (SSSR count). The molecule has 48 heavy (non-hydrogen) atoms. The van der Waals surface area contributed by atoms with Crippen molar-refractivity contribution in [3.05, 3.63) is 101 Å². The molecule has 4 heterocycles. The highest BCUT2D eigenvalue weighted by Gasteiger charge is 2.41. The van der Waals surface area contributed by atoms with E-state index in [9.17, 15) is 13.2 Å². The molecule has 3 aromatic heterocycles. The number of sulfonamides is 1. The average Bonchev–Trinajstić information content (AvgIpc) is 3.46. The molecule has 5 aromatic rings. The van der Waals surface area contributed by atoms with Crippen molar-refractivity contribution in [2.24, 2.45) is 5.41 Å². The average molecular weight is 668 g/mol. The smallest absolute Gasteiger partial charge is 0.248 e. The van der Waals surface area contributed by atoms with Gasteiger partial charge in [0.25, 0.3) is 0 Å². The van der Waals surface area contributed by atoms with Gasteiger partial charge in [0.1, 0.15) is 16.5 Å². The van der Waals surface area contributed by atoms with Crippen LogP contribution < -0.4 is 10.1 Å². The van der Waals surface area contributed by atoms with Crippen LogP contribution in [0.25, 0.3) is 11.0 Å². The van der Waals surface area contributed by atoms with Gasteiger partial charge in [-0.05, 0) is 85.3 Å². The molecule has 0 saturated carbocycles. The maximum atomic E-state index is 14.1. The summed E-state index contributed by atoms with van der Waals surface area (Å²) >= 11 is 0. The third-order valence-electron chi connectivity index (χ3n) is 9.37. The fraction of sp³-hybridized carbons (Fsp3) is 0.361. The first-order valence-corrected chi connectivity index (χ1v) is 17.6. The van der Waals surface area contributed by atoms with Crippen LogP contribution in [0, 0.1) is 19.3 Å². The van der Waals surface area contributed by atoms with Gasteiger partial charge in [-0.25, -0.2) is 18.1 Å². The number of hydrogen-bond acceptors (Lipinski definition) is 8. The minimum Gasteiger partial charge on any atom is -0.472 e. The SMILES string of the molecule is CC[C@@H]1CN(Cc2cc([C@@H](c3ccc4c(nnn4CC)c3C)C(C)(C)C(=O)Nc3cccnc3)ccc2C)S(=O)(=O)c2cccnc2O1. The Morgan fingerprint density at radius 1 is 1.08 bits per heavy atom. The molecule has 2 aromatic carbocycles. The quantitative estimate of drug-likeness (QED) is 0.202. The highest BCUT2D eigenvalue weighted by molar-refractivity contribution is 7.89. The maximum absolute atomic E-state index is 14.1. The molecule has 0 bridgehead atoms. The zero-order chi connectivity index (χ0) is 34.2. The molecule has 0 spiro atoms. The number of rotatable bonds is 9. The number of carbonyl (C=O) groups excluding carboxylic acids is 1. The molecular formula is C36H41N7O4S. The van der Waals surface area contributed by atoms with E-state index in [1.807, 2.05) is 76.6 Å². The molecule has 1 aliphatic rings. The number of nitrogens with one attached hydrogen (secondary N) is 1. The van der Waals surface area contributed by atoms with E-state index in [1.165, 1.54) is 4.31 Å². The van der Waals surface area contributed by atoms with Crippen LogP contribution in [0.4, 0.5) is 5.69 Å². The van der Waals surface area contributed by atoms with Gasteiger partial charge in [0.15, 0.2) is 0 Å². The van der Waals surface area contributed by atoms with Crippen molar-refractivity contribution in [1.29, 1.82) is 0 Å². The molecule has 12 heteroatoms. The van der Waals surface area contributed by atoms with Gasteiger partial charge in [0.05, 0.1) is 29.4 Å². The maximum Gasteiger partial charge on any atom is 0.248 e. The predicted molar refractivity (Wildman–Crippen MR) is 184 cm³/mol. The molecular weight excluding hydrogens is 627 g/mol. The number of fused-ring (bicyclic) bond motifs is 2. The molecule has 0 radical (unpaired) electrons. The molecule has 1 N–H and O–H groups in total. The van der Waals surface area contributed by atoms with Crippen LogP contribution in [0.5, 0.6) is 5.88 Å². The second kappa shape index (κ2) is 13.1. The number of nitrogens with zero attached hydrogens (tertiary/aromatic N) is 6. The molecule has 0 unspecified atom stereocenters. The molecule has 0 saturated heterocycles. The number of amides is 1. The third kappa shape index (κ3) is 6.06. The normalized spacial score (nSPS) is 16.9. The molecule has 11 nitrogen and oxygen atoms in total. The van der Waals surface area contributed by atoms with Gasteiger partial charge in [-0.2, -0.15) is 4.31 Å². The summed E-state index contributed by atoms with van der Waals surface area (Å²) < 4.78 is 37.4. The number of aromatic nitrogens is 5. The zero-order valence-corrected chi connectivity index (χ0v) is 29.0. The van der Waals surface area contributed by atoms with Gasteiger partial charge < -0.3 is 10.1 Å². The lowest BCUT2D eigenvalue weighted by molar-refractivity contribution is -0.124. The van der Waals surface area contributed by atoms with Crippen LogP contribution >= 0.6 is 0 Å². The van der Waals surface area contributed by atoms with E-state index in [2.05, 4.69) is 31.7 Å². The van der Waals surface area contributed by atoms with Gasteiger partial charge in [0, 0.05) is 31.4 Å². The first-order valence-electron chi connectivity index (χ1n) is 16.2. The summed E-state index contributed by atoms with van der Waals surface area (Å²) in [6.45, 7) is 12.8. The van der Waals surface area contributed by atoms with E-state index in [1.54, 1.807) is 36.8 Å². The van der Waals surface area contributed by atoms with E-state index in [0.29, 0.717) is 18.7 Å². The Morgan fingerprint density at radius 3 is 2.60 bits per heavy atom. The monoisotopic (exact) mass is 667 g/mol. The Hall–Kier alpha value is -4.68. The summed E-state index contributed by atoms with van der Waals surface area (Å²) in [5.74, 6) is -0.479. The lowest BCUT2D eigenvalue weighted by Gasteiger charge is -2.35. The van der Waals surface area contributed by atoms with Crippen molar-refractivity contribution in [1.82, 2.24) is 29.3 Å². The predicted octanol–water partition coefficient (Wildman–Crippen LogP) is 6.02. The molecule has 0 aliphatic carbocycles. The van der Waals surface area contributed by atoms with Gasteiger partial charge in [0.2, 0.25) is 21.8 Å². The summed E-state index contributed by atoms with van der Waals surface area (Å²) in [7, 11) is -3.91. The Morgan fingerprint density at radius 2 is 1.88 bits per heavy atom. The van der Waals surface area contributed by atoms with Gasteiger partial charge in [-0.15, -0.1) is 5.10 Å². The van der Waals surface area contributed by atoms with E-state index < -0.39 is 21.4 Å². The van der Waals surface area contributed by atoms with Crippen molar-refractivity contribution in [3.8, 4) is 5.88 Å². The van der Waals surface area contributed by atoms with E-state index >= 15 is 0 Å². The van der Waals surface area contributed by atoms with E-state index in [-0.39, 0.29) is 35.9 Å². The first-order chi connectivity index (χ1) is 22.9. The van der Waals surface area contributed by atoms with Crippen molar-refractivity contribution >= 4 is 32.7 Å². The highest BCUT2D eigenvalue weighted by Crippen LogP contribution is 2.45. The van der Waals surface area contributed by atoms with Crippen molar-refractivity contribution in [3.63, 3.8) is 0 Å². The summed E-state index contributed by atoms with van der Waals surface area (Å²) in [5.41, 5.74) is 5.86. The van der Waals surface area contributed by atoms with Crippen molar-refractivity contribution in [2.45, 2.75) is 78.0 Å². The molecule has 1 aliphatic heterocycles.